The molecule has 1 saturated heterocycles. The van der Waals surface area contributed by atoms with Crippen LogP contribution in [-0.4, -0.2) is 21.4 Å². The zero-order valence-electron chi connectivity index (χ0n) is 13.7. The molecule has 1 fully saturated rings. The average molecular weight is 375 g/mol. The van der Waals surface area contributed by atoms with E-state index < -0.39 is 17.2 Å². The number of rotatable bonds is 4. The predicted molar refractivity (Wildman–Crippen MR) is 91.7 cm³/mol. The molecule has 1 aromatic heterocycles. The minimum atomic E-state index is -1.09. The van der Waals surface area contributed by atoms with Crippen molar-refractivity contribution >= 4 is 11.6 Å². The van der Waals surface area contributed by atoms with Crippen molar-refractivity contribution in [2.75, 3.05) is 6.61 Å². The summed E-state index contributed by atoms with van der Waals surface area (Å²) < 4.78 is 35.8. The van der Waals surface area contributed by atoms with Crippen LogP contribution in [0.5, 0.6) is 0 Å². The Labute approximate surface area is 154 Å². The lowest BCUT2D eigenvalue weighted by Gasteiger charge is -2.35. The Kier molecular flexibility index (Phi) is 4.46. The molecule has 3 aromatic rings. The summed E-state index contributed by atoms with van der Waals surface area (Å²) in [7, 11) is 0. The van der Waals surface area contributed by atoms with E-state index in [1.54, 1.807) is 6.07 Å². The molecule has 0 bridgehead atoms. The van der Waals surface area contributed by atoms with Crippen LogP contribution in [0.4, 0.5) is 8.78 Å². The lowest BCUT2D eigenvalue weighted by Crippen LogP contribution is -2.37. The Morgan fingerprint density at radius 2 is 2.12 bits per heavy atom. The van der Waals surface area contributed by atoms with Gasteiger partial charge in [-0.2, -0.15) is 5.10 Å². The topological polar surface area (TPSA) is 39.9 Å². The maximum Gasteiger partial charge on any atom is 0.196 e. The van der Waals surface area contributed by atoms with Gasteiger partial charge < -0.3 is 4.74 Å². The summed E-state index contributed by atoms with van der Waals surface area (Å²) in [5.74, 6) is -1.53. The highest BCUT2D eigenvalue weighted by atomic mass is 35.5. The molecule has 1 radical (unpaired) electrons. The van der Waals surface area contributed by atoms with Crippen molar-refractivity contribution in [3.05, 3.63) is 82.9 Å². The van der Waals surface area contributed by atoms with E-state index >= 15 is 0 Å². The lowest BCUT2D eigenvalue weighted by molar-refractivity contribution is -0.0301. The molecule has 4 rings (SSSR count). The molecule has 0 N–H and O–H groups in total. The van der Waals surface area contributed by atoms with E-state index in [0.29, 0.717) is 18.1 Å². The third-order valence-corrected chi connectivity index (χ3v) is 5.15. The summed E-state index contributed by atoms with van der Waals surface area (Å²) in [6, 6.07) is 11.0. The Bertz CT molecular complexity index is 919. The van der Waals surface area contributed by atoms with E-state index in [1.165, 1.54) is 23.1 Å². The number of benzene rings is 2. The van der Waals surface area contributed by atoms with Crippen molar-refractivity contribution < 1.29 is 13.5 Å². The fourth-order valence-corrected chi connectivity index (χ4v) is 3.97. The summed E-state index contributed by atoms with van der Waals surface area (Å²) in [5, 5.41) is 4.67. The molecular formula is C19H15ClF2N3O. The second-order valence-electron chi connectivity index (χ2n) is 6.24. The highest BCUT2D eigenvalue weighted by Gasteiger charge is 2.49. The van der Waals surface area contributed by atoms with Crippen molar-refractivity contribution in [2.45, 2.75) is 24.5 Å². The molecule has 7 heteroatoms. The molecule has 2 heterocycles. The fourth-order valence-electron chi connectivity index (χ4n) is 3.70. The van der Waals surface area contributed by atoms with Crippen LogP contribution in [0.2, 0.25) is 5.02 Å². The SMILES string of the molecule is Fc1ccc(C2(Cn3[c]ncn3)OCCC2c2ccccc2Cl)c(F)c1. The number of halogens is 3. The Morgan fingerprint density at radius 1 is 1.27 bits per heavy atom. The standard InChI is InChI=1S/C19H15ClF2N3O/c20-17-4-2-1-3-14(17)15-7-8-26-19(15,10-25-12-23-11-24-25)16-6-5-13(21)9-18(16)22/h1-6,9,11,15H,7-8,10H2. The third kappa shape index (κ3) is 2.89. The van der Waals surface area contributed by atoms with Crippen LogP contribution in [0, 0.1) is 18.0 Å². The molecule has 133 valence electrons. The normalized spacial score (nSPS) is 22.7. The number of aromatic nitrogens is 3. The van der Waals surface area contributed by atoms with Gasteiger partial charge in [0.15, 0.2) is 6.33 Å². The summed E-state index contributed by atoms with van der Waals surface area (Å²) in [6.45, 7) is 0.604. The molecule has 0 saturated carbocycles. The van der Waals surface area contributed by atoms with Crippen molar-refractivity contribution in [3.63, 3.8) is 0 Å². The average Bonchev–Trinajstić information content (AvgIpc) is 3.26. The highest BCUT2D eigenvalue weighted by molar-refractivity contribution is 6.31. The first-order valence-corrected chi connectivity index (χ1v) is 8.57. The summed E-state index contributed by atoms with van der Waals surface area (Å²) in [4.78, 5) is 3.83. The van der Waals surface area contributed by atoms with Gasteiger partial charge >= 0.3 is 0 Å². The van der Waals surface area contributed by atoms with Gasteiger partial charge in [-0.15, -0.1) is 0 Å². The molecular weight excluding hydrogens is 360 g/mol. The van der Waals surface area contributed by atoms with Crippen molar-refractivity contribution in [2.24, 2.45) is 0 Å². The van der Waals surface area contributed by atoms with Crippen LogP contribution < -0.4 is 0 Å². The molecule has 1 aliphatic rings. The molecule has 1 aliphatic heterocycles. The van der Waals surface area contributed by atoms with E-state index in [1.807, 2.05) is 18.2 Å². The van der Waals surface area contributed by atoms with Crippen molar-refractivity contribution in [1.29, 1.82) is 0 Å². The van der Waals surface area contributed by atoms with Gasteiger partial charge in [-0.25, -0.2) is 18.4 Å². The van der Waals surface area contributed by atoms with Gasteiger partial charge in [-0.05, 0) is 24.1 Å². The van der Waals surface area contributed by atoms with Gasteiger partial charge in [0.05, 0.1) is 6.54 Å². The summed E-state index contributed by atoms with van der Waals surface area (Å²) >= 11 is 6.41. The van der Waals surface area contributed by atoms with Gasteiger partial charge in [-0.1, -0.05) is 35.9 Å². The Balaban J connectivity index is 1.88. The van der Waals surface area contributed by atoms with E-state index in [-0.39, 0.29) is 18.0 Å². The van der Waals surface area contributed by atoms with Gasteiger partial charge in [-0.3, -0.25) is 0 Å². The minimum Gasteiger partial charge on any atom is -0.368 e. The molecule has 0 spiro atoms. The zero-order valence-corrected chi connectivity index (χ0v) is 14.5. The molecule has 0 aliphatic carbocycles. The first-order valence-electron chi connectivity index (χ1n) is 8.19. The van der Waals surface area contributed by atoms with Crippen LogP contribution in [0.15, 0.2) is 48.8 Å². The zero-order chi connectivity index (χ0) is 18.1. The quantitative estimate of drug-likeness (QED) is 0.690. The Morgan fingerprint density at radius 3 is 2.85 bits per heavy atom. The van der Waals surface area contributed by atoms with Crippen LogP contribution in [0.3, 0.4) is 0 Å². The van der Waals surface area contributed by atoms with Gasteiger partial charge in [0.25, 0.3) is 0 Å². The molecule has 2 atom stereocenters. The lowest BCUT2D eigenvalue weighted by atomic mass is 9.77. The number of hydrogen-bond acceptors (Lipinski definition) is 3. The molecule has 0 amide bonds. The van der Waals surface area contributed by atoms with Crippen LogP contribution in [-0.2, 0) is 16.9 Å². The smallest absolute Gasteiger partial charge is 0.196 e. The maximum atomic E-state index is 14.8. The van der Waals surface area contributed by atoms with E-state index in [4.69, 9.17) is 16.3 Å². The van der Waals surface area contributed by atoms with E-state index in [9.17, 15) is 8.78 Å². The van der Waals surface area contributed by atoms with Crippen LogP contribution in [0.25, 0.3) is 0 Å². The predicted octanol–water partition coefficient (Wildman–Crippen LogP) is 4.11. The van der Waals surface area contributed by atoms with Gasteiger partial charge in [0, 0.05) is 29.2 Å². The number of nitrogens with zero attached hydrogens (tertiary/aromatic N) is 3. The minimum absolute atomic E-state index is 0.186. The first kappa shape index (κ1) is 17.1. The molecule has 2 aromatic carbocycles. The van der Waals surface area contributed by atoms with Gasteiger partial charge in [0.1, 0.15) is 23.6 Å². The largest absolute Gasteiger partial charge is 0.368 e. The van der Waals surface area contributed by atoms with E-state index in [0.717, 1.165) is 11.6 Å². The number of hydrogen-bond donors (Lipinski definition) is 0. The molecule has 26 heavy (non-hydrogen) atoms. The maximum absolute atomic E-state index is 14.8. The van der Waals surface area contributed by atoms with Crippen LogP contribution >= 0.6 is 11.6 Å². The number of ether oxygens (including phenoxy) is 1. The fraction of sp³-hybridized carbons (Fsp3) is 0.263. The summed E-state index contributed by atoms with van der Waals surface area (Å²) in [5.41, 5.74) is 0.0354. The monoisotopic (exact) mass is 374 g/mol. The second kappa shape index (κ2) is 6.78. The van der Waals surface area contributed by atoms with Crippen LogP contribution in [0.1, 0.15) is 23.5 Å². The van der Waals surface area contributed by atoms with Crippen molar-refractivity contribution in [3.8, 4) is 0 Å². The second-order valence-corrected chi connectivity index (χ2v) is 6.65. The molecule has 4 nitrogen and oxygen atoms in total. The molecule has 2 unspecified atom stereocenters. The van der Waals surface area contributed by atoms with Gasteiger partial charge in [0.2, 0.25) is 0 Å². The first-order chi connectivity index (χ1) is 12.6. The summed E-state index contributed by atoms with van der Waals surface area (Å²) in [6.07, 6.45) is 4.73. The van der Waals surface area contributed by atoms with Crippen molar-refractivity contribution in [1.82, 2.24) is 14.8 Å². The Hall–Kier alpha value is -2.31. The highest BCUT2D eigenvalue weighted by Crippen LogP contribution is 2.50. The third-order valence-electron chi connectivity index (χ3n) is 4.80. The van der Waals surface area contributed by atoms with E-state index in [2.05, 4.69) is 16.4 Å².